The number of unbranched alkanes of at least 4 members (excludes halogenated alkanes) is 1. The monoisotopic (exact) mass is 426 g/mol. The van der Waals surface area contributed by atoms with Crippen LogP contribution in [-0.4, -0.2) is 47.2 Å². The van der Waals surface area contributed by atoms with Gasteiger partial charge in [-0.1, -0.05) is 18.9 Å². The summed E-state index contributed by atoms with van der Waals surface area (Å²) in [6.45, 7) is 9.04. The van der Waals surface area contributed by atoms with Crippen molar-refractivity contribution < 1.29 is 14.3 Å². The summed E-state index contributed by atoms with van der Waals surface area (Å²) in [5.74, 6) is 0.636. The van der Waals surface area contributed by atoms with Crippen LogP contribution in [0.4, 0.5) is 9.59 Å². The van der Waals surface area contributed by atoms with Gasteiger partial charge >= 0.3 is 12.1 Å². The van der Waals surface area contributed by atoms with E-state index in [9.17, 15) is 9.59 Å². The number of carbonyl (C=O) groups is 2. The maximum Gasteiger partial charge on any atom is 0.410 e. The van der Waals surface area contributed by atoms with Gasteiger partial charge in [0.25, 0.3) is 0 Å². The van der Waals surface area contributed by atoms with Gasteiger partial charge in [-0.3, -0.25) is 0 Å². The van der Waals surface area contributed by atoms with E-state index in [1.54, 1.807) is 11.0 Å². The summed E-state index contributed by atoms with van der Waals surface area (Å²) in [6.07, 6.45) is 4.98. The van der Waals surface area contributed by atoms with E-state index in [1.807, 2.05) is 37.8 Å². The zero-order chi connectivity index (χ0) is 22.4. The SMILES string of the molecule is CC(C)(C)OC(=O)N1CCC(CCCCNC(=O)N2Cc3ccc(C#N)cc3C2)CC1. The fraction of sp³-hybridized carbons (Fsp3) is 0.625. The zero-order valence-electron chi connectivity index (χ0n) is 18.9. The molecule has 7 nitrogen and oxygen atoms in total. The Bertz CT molecular complexity index is 832. The van der Waals surface area contributed by atoms with Gasteiger partial charge in [-0.05, 0) is 69.2 Å². The molecule has 31 heavy (non-hydrogen) atoms. The molecule has 2 heterocycles. The molecule has 3 amide bonds. The van der Waals surface area contributed by atoms with Crippen molar-refractivity contribution in [2.45, 2.75) is 71.6 Å². The smallest absolute Gasteiger partial charge is 0.410 e. The van der Waals surface area contributed by atoms with E-state index in [1.165, 1.54) is 0 Å². The Morgan fingerprint density at radius 1 is 1.13 bits per heavy atom. The lowest BCUT2D eigenvalue weighted by atomic mass is 9.92. The molecule has 0 saturated carbocycles. The number of benzene rings is 1. The summed E-state index contributed by atoms with van der Waals surface area (Å²) in [4.78, 5) is 28.2. The number of nitriles is 1. The molecular weight excluding hydrogens is 392 g/mol. The third kappa shape index (κ3) is 6.61. The molecule has 1 aromatic carbocycles. The zero-order valence-corrected chi connectivity index (χ0v) is 18.9. The number of hydrogen-bond acceptors (Lipinski definition) is 4. The molecule has 7 heteroatoms. The molecule has 0 spiro atoms. The van der Waals surface area contributed by atoms with Gasteiger partial charge < -0.3 is 19.9 Å². The summed E-state index contributed by atoms with van der Waals surface area (Å²) in [5.41, 5.74) is 2.37. The lowest BCUT2D eigenvalue weighted by molar-refractivity contribution is 0.0180. The average molecular weight is 427 g/mol. The van der Waals surface area contributed by atoms with Crippen LogP contribution in [0.15, 0.2) is 18.2 Å². The second-order valence-corrected chi connectivity index (χ2v) is 9.59. The molecule has 0 aliphatic carbocycles. The van der Waals surface area contributed by atoms with Crippen molar-refractivity contribution in [1.82, 2.24) is 15.1 Å². The maximum absolute atomic E-state index is 12.4. The molecule has 1 saturated heterocycles. The highest BCUT2D eigenvalue weighted by Crippen LogP contribution is 2.25. The summed E-state index contributed by atoms with van der Waals surface area (Å²) in [7, 11) is 0. The van der Waals surface area contributed by atoms with E-state index in [-0.39, 0.29) is 12.1 Å². The van der Waals surface area contributed by atoms with Crippen molar-refractivity contribution in [3.63, 3.8) is 0 Å². The molecule has 3 rings (SSSR count). The number of carbonyl (C=O) groups excluding carboxylic acids is 2. The van der Waals surface area contributed by atoms with Crippen LogP contribution in [-0.2, 0) is 17.8 Å². The first-order valence-electron chi connectivity index (χ1n) is 11.3. The molecule has 0 aromatic heterocycles. The molecule has 1 N–H and O–H groups in total. The van der Waals surface area contributed by atoms with E-state index in [4.69, 9.17) is 10.00 Å². The number of urea groups is 1. The predicted molar refractivity (Wildman–Crippen MR) is 118 cm³/mol. The summed E-state index contributed by atoms with van der Waals surface area (Å²) in [5, 5.41) is 12.0. The number of nitrogens with zero attached hydrogens (tertiary/aromatic N) is 3. The second kappa shape index (κ2) is 10.0. The lowest BCUT2D eigenvalue weighted by Crippen LogP contribution is -2.41. The van der Waals surface area contributed by atoms with Gasteiger partial charge in [0.1, 0.15) is 5.60 Å². The highest BCUT2D eigenvalue weighted by Gasteiger charge is 2.27. The minimum Gasteiger partial charge on any atom is -0.444 e. The molecule has 2 aliphatic heterocycles. The minimum absolute atomic E-state index is 0.0413. The quantitative estimate of drug-likeness (QED) is 0.707. The third-order valence-corrected chi connectivity index (χ3v) is 5.93. The third-order valence-electron chi connectivity index (χ3n) is 5.93. The number of ether oxygens (including phenoxy) is 1. The Morgan fingerprint density at radius 3 is 2.52 bits per heavy atom. The Hall–Kier alpha value is -2.75. The van der Waals surface area contributed by atoms with Crippen LogP contribution in [0, 0.1) is 17.2 Å². The van der Waals surface area contributed by atoms with Crippen LogP contribution >= 0.6 is 0 Å². The van der Waals surface area contributed by atoms with Crippen molar-refractivity contribution in [3.05, 3.63) is 34.9 Å². The van der Waals surface area contributed by atoms with E-state index in [0.29, 0.717) is 31.1 Å². The highest BCUT2D eigenvalue weighted by atomic mass is 16.6. The number of amides is 3. The highest BCUT2D eigenvalue weighted by molar-refractivity contribution is 5.75. The molecule has 0 radical (unpaired) electrons. The van der Waals surface area contributed by atoms with Gasteiger partial charge in [0.15, 0.2) is 0 Å². The van der Waals surface area contributed by atoms with Gasteiger partial charge in [-0.15, -0.1) is 0 Å². The van der Waals surface area contributed by atoms with Gasteiger partial charge in [0.05, 0.1) is 11.6 Å². The lowest BCUT2D eigenvalue weighted by Gasteiger charge is -2.33. The van der Waals surface area contributed by atoms with Crippen molar-refractivity contribution in [2.24, 2.45) is 5.92 Å². The van der Waals surface area contributed by atoms with Crippen LogP contribution in [0.25, 0.3) is 0 Å². The summed E-state index contributed by atoms with van der Waals surface area (Å²) < 4.78 is 5.45. The van der Waals surface area contributed by atoms with E-state index in [2.05, 4.69) is 11.4 Å². The van der Waals surface area contributed by atoms with Gasteiger partial charge in [0.2, 0.25) is 0 Å². The Kier molecular flexibility index (Phi) is 7.42. The first-order chi connectivity index (χ1) is 14.7. The van der Waals surface area contributed by atoms with E-state index < -0.39 is 5.60 Å². The maximum atomic E-state index is 12.4. The van der Waals surface area contributed by atoms with Crippen molar-refractivity contribution in [3.8, 4) is 6.07 Å². The molecule has 1 fully saturated rings. The van der Waals surface area contributed by atoms with Crippen LogP contribution in [0.5, 0.6) is 0 Å². The number of nitrogens with one attached hydrogen (secondary N) is 1. The number of piperidine rings is 1. The van der Waals surface area contributed by atoms with E-state index in [0.717, 1.165) is 56.3 Å². The molecular formula is C24H34N4O3. The fourth-order valence-corrected chi connectivity index (χ4v) is 4.20. The number of fused-ring (bicyclic) bond motifs is 1. The Labute approximate surface area is 185 Å². The van der Waals surface area contributed by atoms with Crippen molar-refractivity contribution in [2.75, 3.05) is 19.6 Å². The normalized spacial score (nSPS) is 16.6. The summed E-state index contributed by atoms with van der Waals surface area (Å²) >= 11 is 0. The molecule has 2 aliphatic rings. The molecule has 0 atom stereocenters. The number of rotatable bonds is 5. The molecule has 168 valence electrons. The molecule has 1 aromatic rings. The van der Waals surface area contributed by atoms with Crippen LogP contribution in [0.1, 0.15) is 69.6 Å². The minimum atomic E-state index is -0.449. The Morgan fingerprint density at radius 2 is 1.84 bits per heavy atom. The van der Waals surface area contributed by atoms with E-state index >= 15 is 0 Å². The largest absolute Gasteiger partial charge is 0.444 e. The van der Waals surface area contributed by atoms with Crippen LogP contribution in [0.3, 0.4) is 0 Å². The number of hydrogen-bond donors (Lipinski definition) is 1. The summed E-state index contributed by atoms with van der Waals surface area (Å²) in [6, 6.07) is 7.72. The van der Waals surface area contributed by atoms with Crippen molar-refractivity contribution >= 4 is 12.1 Å². The second-order valence-electron chi connectivity index (χ2n) is 9.59. The van der Waals surface area contributed by atoms with Crippen molar-refractivity contribution in [1.29, 1.82) is 5.26 Å². The standard InChI is InChI=1S/C24H34N4O3/c1-24(2,3)31-23(30)27-12-9-18(10-13-27)6-4-5-11-26-22(29)28-16-20-8-7-19(15-25)14-21(20)17-28/h7-8,14,18H,4-6,9-13,16-17H2,1-3H3,(H,26,29). The molecule has 0 unspecified atom stereocenters. The topological polar surface area (TPSA) is 85.7 Å². The van der Waals surface area contributed by atoms with Gasteiger partial charge in [-0.2, -0.15) is 5.26 Å². The van der Waals surface area contributed by atoms with Crippen LogP contribution < -0.4 is 5.32 Å². The first kappa shape index (κ1) is 22.9. The average Bonchev–Trinajstić information content (AvgIpc) is 3.16. The van der Waals surface area contributed by atoms with Gasteiger partial charge in [-0.25, -0.2) is 9.59 Å². The molecule has 0 bridgehead atoms. The number of likely N-dealkylation sites (tertiary alicyclic amines) is 1. The predicted octanol–water partition coefficient (Wildman–Crippen LogP) is 4.40. The van der Waals surface area contributed by atoms with Crippen LogP contribution in [0.2, 0.25) is 0 Å². The Balaban J connectivity index is 1.28. The van der Waals surface area contributed by atoms with Gasteiger partial charge in [0, 0.05) is 32.7 Å². The first-order valence-corrected chi connectivity index (χ1v) is 11.3. The fourth-order valence-electron chi connectivity index (χ4n) is 4.20.